The summed E-state index contributed by atoms with van der Waals surface area (Å²) in [5.74, 6) is 1.39. The normalized spacial score (nSPS) is 9.44. The number of guanidine groups is 1. The second-order valence-electron chi connectivity index (χ2n) is 3.36. The second-order valence-corrected chi connectivity index (χ2v) is 3.80. The van der Waals surface area contributed by atoms with Crippen molar-refractivity contribution in [3.05, 3.63) is 23.8 Å². The van der Waals surface area contributed by atoms with E-state index in [-0.39, 0.29) is 11.1 Å². The maximum atomic E-state index is 7.55. The van der Waals surface area contributed by atoms with E-state index in [4.69, 9.17) is 20.6 Å². The minimum Gasteiger partial charge on any atom is -0.496 e. The van der Waals surface area contributed by atoms with Crippen LogP contribution in [0.15, 0.2) is 18.2 Å². The lowest BCUT2D eigenvalue weighted by atomic mass is 10.1. The average Bonchev–Trinajstić information content (AvgIpc) is 2.34. The van der Waals surface area contributed by atoms with Gasteiger partial charge in [-0.2, -0.15) is 0 Å². The van der Waals surface area contributed by atoms with Crippen molar-refractivity contribution < 1.29 is 9.47 Å². The third-order valence-electron chi connectivity index (χ3n) is 2.22. The Kier molecular flexibility index (Phi) is 5.19. The van der Waals surface area contributed by atoms with Gasteiger partial charge in [-0.1, -0.05) is 6.07 Å². The summed E-state index contributed by atoms with van der Waals surface area (Å²) in [6, 6.07) is 5.48. The maximum Gasteiger partial charge on any atom is 0.194 e. The van der Waals surface area contributed by atoms with Crippen molar-refractivity contribution in [3.8, 4) is 11.5 Å². The fourth-order valence-electron chi connectivity index (χ4n) is 1.45. The summed E-state index contributed by atoms with van der Waals surface area (Å²) in [4.78, 5) is 0. The third kappa shape index (κ3) is 3.77. The monoisotopic (exact) mass is 268 g/mol. The highest BCUT2D eigenvalue weighted by atomic mass is 32.1. The molecule has 0 aromatic heterocycles. The molecule has 0 radical (unpaired) electrons. The van der Waals surface area contributed by atoms with Crippen molar-refractivity contribution in [2.45, 2.75) is 6.54 Å². The summed E-state index contributed by atoms with van der Waals surface area (Å²) in [6.07, 6.45) is 0. The molecule has 1 aromatic carbocycles. The Balaban J connectivity index is 2.76. The summed E-state index contributed by atoms with van der Waals surface area (Å²) in [7, 11) is 3.16. The lowest BCUT2D eigenvalue weighted by molar-refractivity contribution is 0.384. The van der Waals surface area contributed by atoms with E-state index in [0.717, 1.165) is 5.56 Å². The molecule has 7 heteroatoms. The second kappa shape index (κ2) is 6.65. The van der Waals surface area contributed by atoms with Gasteiger partial charge in [0.05, 0.1) is 26.3 Å². The van der Waals surface area contributed by atoms with Crippen LogP contribution < -0.4 is 25.8 Å². The summed E-state index contributed by atoms with van der Waals surface area (Å²) in [5, 5.41) is 12.9. The molecule has 0 amide bonds. The zero-order chi connectivity index (χ0) is 13.5. The van der Waals surface area contributed by atoms with E-state index < -0.39 is 0 Å². The van der Waals surface area contributed by atoms with E-state index >= 15 is 0 Å². The van der Waals surface area contributed by atoms with Gasteiger partial charge in [-0.15, -0.1) is 0 Å². The van der Waals surface area contributed by atoms with E-state index in [0.29, 0.717) is 18.0 Å². The Bertz CT molecular complexity index is 428. The lowest BCUT2D eigenvalue weighted by Gasteiger charge is -2.14. The van der Waals surface area contributed by atoms with Crippen molar-refractivity contribution >= 4 is 23.3 Å². The molecule has 1 rings (SSSR count). The van der Waals surface area contributed by atoms with Crippen LogP contribution in [-0.2, 0) is 6.54 Å². The SMILES string of the molecule is COc1cccc(OC)c1CNC(=N)NC(N)=S. The van der Waals surface area contributed by atoms with Crippen LogP contribution in [0.1, 0.15) is 5.56 Å². The van der Waals surface area contributed by atoms with Crippen LogP contribution in [0.5, 0.6) is 11.5 Å². The van der Waals surface area contributed by atoms with E-state index in [2.05, 4.69) is 22.9 Å². The van der Waals surface area contributed by atoms with Gasteiger partial charge in [0, 0.05) is 0 Å². The van der Waals surface area contributed by atoms with Crippen LogP contribution in [0.25, 0.3) is 0 Å². The number of nitrogens with two attached hydrogens (primary N) is 1. The first-order valence-corrected chi connectivity index (χ1v) is 5.58. The molecule has 0 aliphatic carbocycles. The molecule has 5 N–H and O–H groups in total. The summed E-state index contributed by atoms with van der Waals surface area (Å²) >= 11 is 4.64. The van der Waals surface area contributed by atoms with Crippen molar-refractivity contribution in [2.24, 2.45) is 5.73 Å². The molecular formula is C11H16N4O2S. The lowest BCUT2D eigenvalue weighted by Crippen LogP contribution is -2.42. The van der Waals surface area contributed by atoms with Gasteiger partial charge in [0.2, 0.25) is 0 Å². The molecule has 18 heavy (non-hydrogen) atoms. The molecule has 98 valence electrons. The summed E-state index contributed by atoms with van der Waals surface area (Å²) in [5.41, 5.74) is 6.08. The molecule has 0 atom stereocenters. The van der Waals surface area contributed by atoms with Gasteiger partial charge in [0.15, 0.2) is 11.1 Å². The van der Waals surface area contributed by atoms with Gasteiger partial charge in [0.25, 0.3) is 0 Å². The van der Waals surface area contributed by atoms with Crippen molar-refractivity contribution in [3.63, 3.8) is 0 Å². The summed E-state index contributed by atoms with van der Waals surface area (Å²) in [6.45, 7) is 0.363. The Labute approximate surface area is 111 Å². The smallest absolute Gasteiger partial charge is 0.194 e. The van der Waals surface area contributed by atoms with Gasteiger partial charge in [-0.3, -0.25) is 5.41 Å². The van der Waals surface area contributed by atoms with Crippen molar-refractivity contribution in [1.82, 2.24) is 10.6 Å². The molecule has 6 nitrogen and oxygen atoms in total. The number of nitrogens with one attached hydrogen (secondary N) is 3. The fourth-order valence-corrected chi connectivity index (χ4v) is 1.55. The average molecular weight is 268 g/mol. The van der Waals surface area contributed by atoms with Crippen molar-refractivity contribution in [1.29, 1.82) is 5.41 Å². The molecule has 0 saturated carbocycles. The zero-order valence-corrected chi connectivity index (χ0v) is 11.1. The van der Waals surface area contributed by atoms with Gasteiger partial charge >= 0.3 is 0 Å². The van der Waals surface area contributed by atoms with Gasteiger partial charge in [0.1, 0.15) is 11.5 Å². The Hall–Kier alpha value is -2.02. The Morgan fingerprint density at radius 2 is 1.89 bits per heavy atom. The summed E-state index contributed by atoms with van der Waals surface area (Å²) < 4.78 is 10.5. The predicted octanol–water partition coefficient (Wildman–Crippen LogP) is 0.561. The van der Waals surface area contributed by atoms with Crippen LogP contribution in [0, 0.1) is 5.41 Å². The van der Waals surface area contributed by atoms with Crippen molar-refractivity contribution in [2.75, 3.05) is 14.2 Å². The van der Waals surface area contributed by atoms with E-state index in [9.17, 15) is 0 Å². The minimum absolute atomic E-state index is 0.0236. The molecule has 0 saturated heterocycles. The van der Waals surface area contributed by atoms with Crippen LogP contribution in [-0.4, -0.2) is 25.3 Å². The molecule has 0 aliphatic rings. The topological polar surface area (TPSA) is 92.4 Å². The largest absolute Gasteiger partial charge is 0.496 e. The highest BCUT2D eigenvalue weighted by molar-refractivity contribution is 7.80. The Morgan fingerprint density at radius 1 is 1.33 bits per heavy atom. The van der Waals surface area contributed by atoms with Crippen LogP contribution in [0.3, 0.4) is 0 Å². The van der Waals surface area contributed by atoms with Gasteiger partial charge < -0.3 is 25.8 Å². The zero-order valence-electron chi connectivity index (χ0n) is 10.2. The first-order valence-electron chi connectivity index (χ1n) is 5.17. The molecule has 0 unspecified atom stereocenters. The molecule has 1 aromatic rings. The quantitative estimate of drug-likeness (QED) is 0.362. The highest BCUT2D eigenvalue weighted by Crippen LogP contribution is 2.27. The number of rotatable bonds is 4. The Morgan fingerprint density at radius 3 is 2.33 bits per heavy atom. The number of hydrogen-bond acceptors (Lipinski definition) is 4. The number of thiocarbonyl (C=S) groups is 1. The standard InChI is InChI=1S/C11H16N4O2S/c1-16-8-4-3-5-9(17-2)7(8)6-14-10(12)15-11(13)18/h3-5H,6H2,1-2H3,(H5,12,13,14,15,18). The predicted molar refractivity (Wildman–Crippen MR) is 74.0 cm³/mol. The number of methoxy groups -OCH3 is 2. The van der Waals surface area contributed by atoms with Crippen LogP contribution in [0.4, 0.5) is 0 Å². The van der Waals surface area contributed by atoms with E-state index in [1.807, 2.05) is 18.2 Å². The highest BCUT2D eigenvalue weighted by Gasteiger charge is 2.10. The van der Waals surface area contributed by atoms with Crippen LogP contribution in [0.2, 0.25) is 0 Å². The minimum atomic E-state index is 0.0236. The fraction of sp³-hybridized carbons (Fsp3) is 0.273. The maximum absolute atomic E-state index is 7.55. The molecular weight excluding hydrogens is 252 g/mol. The molecule has 0 heterocycles. The molecule has 0 bridgehead atoms. The number of benzene rings is 1. The molecule has 0 fully saturated rings. The first kappa shape index (κ1) is 14.0. The van der Waals surface area contributed by atoms with E-state index in [1.54, 1.807) is 14.2 Å². The first-order chi connectivity index (χ1) is 8.58. The molecule has 0 spiro atoms. The van der Waals surface area contributed by atoms with Crippen LogP contribution >= 0.6 is 12.2 Å². The number of ether oxygens (including phenoxy) is 2. The van der Waals surface area contributed by atoms with Gasteiger partial charge in [-0.05, 0) is 24.4 Å². The molecule has 0 aliphatic heterocycles. The van der Waals surface area contributed by atoms with E-state index in [1.165, 1.54) is 0 Å². The number of hydrogen-bond donors (Lipinski definition) is 4. The third-order valence-corrected chi connectivity index (χ3v) is 2.32. The van der Waals surface area contributed by atoms with Gasteiger partial charge in [-0.25, -0.2) is 0 Å².